The zero-order chi connectivity index (χ0) is 16.7. The fraction of sp³-hybridized carbons (Fsp3) is 0.389. The van der Waals surface area contributed by atoms with Crippen molar-refractivity contribution >= 4 is 23.2 Å². The van der Waals surface area contributed by atoms with E-state index in [1.165, 1.54) is 12.8 Å². The minimum Gasteiger partial charge on any atom is -0.341 e. The largest absolute Gasteiger partial charge is 0.341 e. The molecule has 1 aliphatic heterocycles. The molecule has 1 saturated heterocycles. The predicted octanol–water partition coefficient (Wildman–Crippen LogP) is 3.99. The number of aromatic nitrogens is 4. The number of pyridine rings is 1. The number of aryl methyl sites for hydroxylation is 1. The average Bonchev–Trinajstić information content (AvgIpc) is 2.98. The summed E-state index contributed by atoms with van der Waals surface area (Å²) >= 11 is 6.15. The van der Waals surface area contributed by atoms with Crippen LogP contribution >= 0.6 is 11.6 Å². The minimum absolute atomic E-state index is 0.679. The van der Waals surface area contributed by atoms with Gasteiger partial charge in [-0.15, -0.1) is 0 Å². The van der Waals surface area contributed by atoms with Crippen LogP contribution in [0.5, 0.6) is 0 Å². The van der Waals surface area contributed by atoms with E-state index in [-0.39, 0.29) is 0 Å². The van der Waals surface area contributed by atoms with E-state index < -0.39 is 0 Å². The second-order valence-electron chi connectivity index (χ2n) is 6.61. The molecule has 0 radical (unpaired) electrons. The van der Waals surface area contributed by atoms with Gasteiger partial charge in [-0.2, -0.15) is 0 Å². The first-order valence-electron chi connectivity index (χ1n) is 8.33. The van der Waals surface area contributed by atoms with Gasteiger partial charge in [0.05, 0.1) is 22.6 Å². The highest BCUT2D eigenvalue weighted by atomic mass is 35.5. The van der Waals surface area contributed by atoms with Crippen LogP contribution in [0, 0.1) is 12.8 Å². The molecule has 5 nitrogen and oxygen atoms in total. The third kappa shape index (κ3) is 2.73. The molecule has 0 aromatic carbocycles. The van der Waals surface area contributed by atoms with E-state index >= 15 is 0 Å². The first-order valence-corrected chi connectivity index (χ1v) is 8.71. The summed E-state index contributed by atoms with van der Waals surface area (Å²) in [5, 5.41) is 0.679. The lowest BCUT2D eigenvalue weighted by atomic mass is 10.0. The summed E-state index contributed by atoms with van der Waals surface area (Å²) in [5.41, 5.74) is 3.75. The number of nitrogens with zero attached hydrogens (tertiary/aromatic N) is 5. The fourth-order valence-electron chi connectivity index (χ4n) is 3.35. The van der Waals surface area contributed by atoms with Gasteiger partial charge in [-0.1, -0.05) is 18.5 Å². The third-order valence-corrected chi connectivity index (χ3v) is 4.83. The molecule has 4 rings (SSSR count). The molecular formula is C18H20ClN5. The molecule has 1 aliphatic rings. The maximum absolute atomic E-state index is 6.15. The van der Waals surface area contributed by atoms with Crippen molar-refractivity contribution in [3.8, 4) is 11.4 Å². The van der Waals surface area contributed by atoms with E-state index in [4.69, 9.17) is 16.6 Å². The Morgan fingerprint density at radius 1 is 1.21 bits per heavy atom. The second-order valence-corrected chi connectivity index (χ2v) is 7.05. The number of fused-ring (bicyclic) bond motifs is 1. The van der Waals surface area contributed by atoms with Crippen LogP contribution in [0.4, 0.5) is 5.95 Å². The van der Waals surface area contributed by atoms with Gasteiger partial charge >= 0.3 is 0 Å². The van der Waals surface area contributed by atoms with Crippen LogP contribution in [0.3, 0.4) is 0 Å². The standard InChI is InChI=1S/C18H20ClN5/c1-12-4-3-7-23(10-12)18-21-8-13(2)17(22-18)15-9-20-16-6-5-14(19)11-24(15)16/h5-6,8-9,11-12H,3-4,7,10H2,1-2H3. The molecule has 3 aromatic heterocycles. The van der Waals surface area contributed by atoms with Crippen molar-refractivity contribution in [2.45, 2.75) is 26.7 Å². The van der Waals surface area contributed by atoms with Crippen LogP contribution in [-0.4, -0.2) is 32.4 Å². The highest BCUT2D eigenvalue weighted by Crippen LogP contribution is 2.27. The van der Waals surface area contributed by atoms with Gasteiger partial charge in [-0.05, 0) is 43.4 Å². The van der Waals surface area contributed by atoms with Crippen LogP contribution in [0.25, 0.3) is 17.0 Å². The Morgan fingerprint density at radius 3 is 2.92 bits per heavy atom. The molecule has 0 saturated carbocycles. The first-order chi connectivity index (χ1) is 11.6. The highest BCUT2D eigenvalue weighted by Gasteiger charge is 2.20. The van der Waals surface area contributed by atoms with Crippen molar-refractivity contribution in [1.82, 2.24) is 19.4 Å². The summed E-state index contributed by atoms with van der Waals surface area (Å²) in [4.78, 5) is 16.2. The summed E-state index contributed by atoms with van der Waals surface area (Å²) in [6.45, 7) is 6.35. The topological polar surface area (TPSA) is 46.3 Å². The molecule has 1 atom stereocenters. The molecule has 0 N–H and O–H groups in total. The smallest absolute Gasteiger partial charge is 0.225 e. The van der Waals surface area contributed by atoms with Gasteiger partial charge in [0.1, 0.15) is 5.65 Å². The van der Waals surface area contributed by atoms with Gasteiger partial charge in [0.2, 0.25) is 5.95 Å². The molecule has 6 heteroatoms. The number of piperidine rings is 1. The van der Waals surface area contributed by atoms with E-state index in [1.54, 1.807) is 0 Å². The second kappa shape index (κ2) is 6.06. The Kier molecular flexibility index (Phi) is 3.88. The summed E-state index contributed by atoms with van der Waals surface area (Å²) in [6.07, 6.45) is 8.10. The van der Waals surface area contributed by atoms with E-state index in [9.17, 15) is 0 Å². The Bertz CT molecular complexity index is 888. The van der Waals surface area contributed by atoms with Crippen molar-refractivity contribution in [1.29, 1.82) is 0 Å². The molecule has 4 heterocycles. The SMILES string of the molecule is Cc1cnc(N2CCCC(C)C2)nc1-c1cnc2ccc(Cl)cn12. The van der Waals surface area contributed by atoms with E-state index in [2.05, 4.69) is 21.8 Å². The lowest BCUT2D eigenvalue weighted by Crippen LogP contribution is -2.35. The average molecular weight is 342 g/mol. The quantitative estimate of drug-likeness (QED) is 0.707. The van der Waals surface area contributed by atoms with Crippen LogP contribution in [0.1, 0.15) is 25.3 Å². The third-order valence-electron chi connectivity index (χ3n) is 4.61. The molecule has 124 valence electrons. The van der Waals surface area contributed by atoms with Gasteiger partial charge < -0.3 is 4.90 Å². The van der Waals surface area contributed by atoms with Gasteiger partial charge in [-0.3, -0.25) is 4.40 Å². The minimum atomic E-state index is 0.679. The maximum atomic E-state index is 6.15. The van der Waals surface area contributed by atoms with Gasteiger partial charge in [0.25, 0.3) is 0 Å². The zero-order valence-electron chi connectivity index (χ0n) is 13.9. The van der Waals surface area contributed by atoms with Crippen LogP contribution < -0.4 is 4.90 Å². The Hall–Kier alpha value is -2.14. The monoisotopic (exact) mass is 341 g/mol. The molecule has 0 spiro atoms. The van der Waals surface area contributed by atoms with Crippen molar-refractivity contribution < 1.29 is 0 Å². The van der Waals surface area contributed by atoms with E-state index in [0.717, 1.165) is 41.6 Å². The summed E-state index contributed by atoms with van der Waals surface area (Å²) in [5.74, 6) is 1.49. The highest BCUT2D eigenvalue weighted by molar-refractivity contribution is 6.30. The maximum Gasteiger partial charge on any atom is 0.225 e. The first kappa shape index (κ1) is 15.4. The molecular weight excluding hydrogens is 322 g/mol. The predicted molar refractivity (Wildman–Crippen MR) is 96.6 cm³/mol. The number of hydrogen-bond acceptors (Lipinski definition) is 4. The lowest BCUT2D eigenvalue weighted by molar-refractivity contribution is 0.442. The molecule has 1 fully saturated rings. The van der Waals surface area contributed by atoms with Gasteiger partial charge in [0, 0.05) is 25.5 Å². The van der Waals surface area contributed by atoms with E-state index in [1.807, 2.05) is 42.0 Å². The molecule has 3 aromatic rings. The van der Waals surface area contributed by atoms with Gasteiger partial charge in [-0.25, -0.2) is 15.0 Å². The molecule has 0 aliphatic carbocycles. The lowest BCUT2D eigenvalue weighted by Gasteiger charge is -2.31. The fourth-order valence-corrected chi connectivity index (χ4v) is 3.51. The van der Waals surface area contributed by atoms with Crippen molar-refractivity contribution in [3.05, 3.63) is 41.3 Å². The van der Waals surface area contributed by atoms with Crippen molar-refractivity contribution in [2.24, 2.45) is 5.92 Å². The van der Waals surface area contributed by atoms with Crippen molar-refractivity contribution in [2.75, 3.05) is 18.0 Å². The molecule has 0 amide bonds. The Morgan fingerprint density at radius 2 is 2.08 bits per heavy atom. The normalized spacial score (nSPS) is 18.3. The summed E-state index contributed by atoms with van der Waals surface area (Å²) in [6, 6.07) is 3.76. The van der Waals surface area contributed by atoms with Crippen LogP contribution in [-0.2, 0) is 0 Å². The molecule has 1 unspecified atom stereocenters. The number of halogens is 1. The van der Waals surface area contributed by atoms with Gasteiger partial charge in [0.15, 0.2) is 0 Å². The number of imidazole rings is 1. The summed E-state index contributed by atoms with van der Waals surface area (Å²) in [7, 11) is 0. The Labute approximate surface area is 146 Å². The Balaban J connectivity index is 1.79. The van der Waals surface area contributed by atoms with Crippen LogP contribution in [0.2, 0.25) is 5.02 Å². The van der Waals surface area contributed by atoms with Crippen LogP contribution in [0.15, 0.2) is 30.7 Å². The zero-order valence-corrected chi connectivity index (χ0v) is 14.7. The molecule has 24 heavy (non-hydrogen) atoms. The molecule has 0 bridgehead atoms. The number of hydrogen-bond donors (Lipinski definition) is 0. The van der Waals surface area contributed by atoms with E-state index in [0.29, 0.717) is 10.9 Å². The number of anilines is 1. The number of rotatable bonds is 2. The summed E-state index contributed by atoms with van der Waals surface area (Å²) < 4.78 is 1.99. The van der Waals surface area contributed by atoms with Crippen molar-refractivity contribution in [3.63, 3.8) is 0 Å².